The molecule has 0 spiro atoms. The smallest absolute Gasteiger partial charge is 0.227 e. The summed E-state index contributed by atoms with van der Waals surface area (Å²) in [5, 5.41) is 12.9. The second-order valence-electron chi connectivity index (χ2n) is 10.2. The van der Waals surface area contributed by atoms with Crippen molar-refractivity contribution >= 4 is 33.4 Å². The van der Waals surface area contributed by atoms with E-state index < -0.39 is 0 Å². The number of rotatable bonds is 5. The van der Waals surface area contributed by atoms with Gasteiger partial charge in [0, 0.05) is 58.1 Å². The summed E-state index contributed by atoms with van der Waals surface area (Å²) < 4.78 is 0. The highest BCUT2D eigenvalue weighted by molar-refractivity contribution is 6.01. The molecule has 1 aromatic carbocycles. The van der Waals surface area contributed by atoms with Crippen LogP contribution in [0.3, 0.4) is 0 Å². The molecule has 39 heavy (non-hydrogen) atoms. The standard InChI is InChI=1S/C31H27N7O/c39-31(19-5-2-1-3-6-19)35-23-13-22(17-33-18-23)20-8-9-27-24(14-20)30(38-37-27)28-15-25-26(36-28)10-12-34-29(25)21-7-4-11-32-16-21/h4,7-19,36H,1-3,5-6H2,(H,35,39)(H,37,38). The van der Waals surface area contributed by atoms with Gasteiger partial charge in [0.2, 0.25) is 5.91 Å². The topological polar surface area (TPSA) is 112 Å². The molecule has 0 unspecified atom stereocenters. The molecular formula is C31H27N7O. The maximum absolute atomic E-state index is 12.8. The molecule has 8 heteroatoms. The summed E-state index contributed by atoms with van der Waals surface area (Å²) in [5.74, 6) is 0.192. The fraction of sp³-hybridized carbons (Fsp3) is 0.194. The summed E-state index contributed by atoms with van der Waals surface area (Å²) in [6, 6.07) is 16.2. The van der Waals surface area contributed by atoms with Crippen LogP contribution in [0.2, 0.25) is 0 Å². The van der Waals surface area contributed by atoms with Crippen LogP contribution in [0.15, 0.2) is 79.5 Å². The molecule has 1 fully saturated rings. The average Bonchev–Trinajstić information content (AvgIpc) is 3.62. The van der Waals surface area contributed by atoms with E-state index in [0.29, 0.717) is 0 Å². The number of benzene rings is 1. The lowest BCUT2D eigenvalue weighted by Gasteiger charge is -2.20. The Morgan fingerprint density at radius 1 is 0.795 bits per heavy atom. The van der Waals surface area contributed by atoms with Gasteiger partial charge in [0.1, 0.15) is 5.69 Å². The molecule has 192 valence electrons. The van der Waals surface area contributed by atoms with Crippen molar-refractivity contribution < 1.29 is 4.79 Å². The molecule has 0 bridgehead atoms. The molecule has 6 aromatic rings. The van der Waals surface area contributed by atoms with Gasteiger partial charge in [0.25, 0.3) is 0 Å². The van der Waals surface area contributed by atoms with Gasteiger partial charge < -0.3 is 10.3 Å². The Morgan fingerprint density at radius 2 is 1.67 bits per heavy atom. The van der Waals surface area contributed by atoms with Crippen LogP contribution in [0.5, 0.6) is 0 Å². The van der Waals surface area contributed by atoms with Crippen molar-refractivity contribution in [2.75, 3.05) is 5.32 Å². The Morgan fingerprint density at radius 3 is 2.54 bits per heavy atom. The SMILES string of the molecule is O=C(Nc1cncc(-c2ccc3[nH]nc(-c4cc5c(-c6cccnc6)nccc5[nH]4)c3c2)c1)C1CCCCC1. The quantitative estimate of drug-likeness (QED) is 0.236. The van der Waals surface area contributed by atoms with Gasteiger partial charge in [-0.3, -0.25) is 24.8 Å². The maximum Gasteiger partial charge on any atom is 0.227 e. The van der Waals surface area contributed by atoms with Crippen molar-refractivity contribution in [3.05, 3.63) is 79.5 Å². The molecule has 8 nitrogen and oxygen atoms in total. The number of hydrogen-bond acceptors (Lipinski definition) is 5. The highest BCUT2D eigenvalue weighted by atomic mass is 16.1. The zero-order valence-electron chi connectivity index (χ0n) is 21.3. The summed E-state index contributed by atoms with van der Waals surface area (Å²) >= 11 is 0. The van der Waals surface area contributed by atoms with Gasteiger partial charge in [-0.15, -0.1) is 0 Å². The van der Waals surface area contributed by atoms with E-state index in [1.165, 1.54) is 6.42 Å². The molecule has 1 saturated carbocycles. The summed E-state index contributed by atoms with van der Waals surface area (Å²) in [5.41, 5.74) is 8.15. The van der Waals surface area contributed by atoms with Crippen LogP contribution in [0, 0.1) is 5.92 Å². The van der Waals surface area contributed by atoms with Crippen molar-refractivity contribution in [2.45, 2.75) is 32.1 Å². The molecular weight excluding hydrogens is 486 g/mol. The number of carbonyl (C=O) groups is 1. The number of H-pyrrole nitrogens is 2. The maximum atomic E-state index is 12.8. The number of amides is 1. The van der Waals surface area contributed by atoms with Crippen molar-refractivity contribution in [1.82, 2.24) is 30.1 Å². The first kappa shape index (κ1) is 23.3. The summed E-state index contributed by atoms with van der Waals surface area (Å²) in [4.78, 5) is 29.6. The summed E-state index contributed by atoms with van der Waals surface area (Å²) in [6.07, 6.45) is 14.3. The van der Waals surface area contributed by atoms with Gasteiger partial charge in [-0.2, -0.15) is 5.10 Å². The molecule has 1 aliphatic carbocycles. The van der Waals surface area contributed by atoms with E-state index in [4.69, 9.17) is 0 Å². The molecule has 0 saturated heterocycles. The first-order valence-corrected chi connectivity index (χ1v) is 13.4. The number of aromatic nitrogens is 6. The van der Waals surface area contributed by atoms with Crippen molar-refractivity contribution in [2.24, 2.45) is 5.92 Å². The van der Waals surface area contributed by atoms with Crippen LogP contribution in [-0.4, -0.2) is 36.0 Å². The summed E-state index contributed by atoms with van der Waals surface area (Å²) in [6.45, 7) is 0. The van der Waals surface area contributed by atoms with E-state index in [2.05, 4.69) is 47.6 Å². The predicted molar refractivity (Wildman–Crippen MR) is 153 cm³/mol. The Balaban J connectivity index is 1.23. The number of pyridine rings is 3. The fourth-order valence-electron chi connectivity index (χ4n) is 5.59. The number of anilines is 1. The average molecular weight is 514 g/mol. The summed E-state index contributed by atoms with van der Waals surface area (Å²) in [7, 11) is 0. The minimum absolute atomic E-state index is 0.0948. The molecule has 1 aliphatic rings. The first-order chi connectivity index (χ1) is 19.2. The van der Waals surface area contributed by atoms with Crippen LogP contribution in [0.25, 0.3) is 55.6 Å². The third kappa shape index (κ3) is 4.44. The van der Waals surface area contributed by atoms with Gasteiger partial charge in [-0.25, -0.2) is 0 Å². The number of nitrogens with zero attached hydrogens (tertiary/aromatic N) is 4. The third-order valence-electron chi connectivity index (χ3n) is 7.62. The highest BCUT2D eigenvalue weighted by Crippen LogP contribution is 2.34. The minimum atomic E-state index is 0.0948. The van der Waals surface area contributed by atoms with Crippen LogP contribution in [-0.2, 0) is 4.79 Å². The largest absolute Gasteiger partial charge is 0.353 e. The molecule has 0 aliphatic heterocycles. The van der Waals surface area contributed by atoms with Crippen LogP contribution < -0.4 is 5.32 Å². The lowest BCUT2D eigenvalue weighted by atomic mass is 9.88. The van der Waals surface area contributed by atoms with Crippen LogP contribution in [0.1, 0.15) is 32.1 Å². The Bertz CT molecular complexity index is 1800. The molecule has 3 N–H and O–H groups in total. The number of carbonyl (C=O) groups excluding carboxylic acids is 1. The second kappa shape index (κ2) is 9.79. The predicted octanol–water partition coefficient (Wildman–Crippen LogP) is 6.75. The third-order valence-corrected chi connectivity index (χ3v) is 7.62. The van der Waals surface area contributed by atoms with Gasteiger partial charge in [-0.05, 0) is 60.9 Å². The van der Waals surface area contributed by atoms with E-state index in [1.54, 1.807) is 18.6 Å². The van der Waals surface area contributed by atoms with Crippen LogP contribution >= 0.6 is 0 Å². The normalized spacial score (nSPS) is 14.2. The Labute approximate surface area is 224 Å². The molecule has 0 atom stereocenters. The van der Waals surface area contributed by atoms with Gasteiger partial charge in [-0.1, -0.05) is 25.3 Å². The number of fused-ring (bicyclic) bond motifs is 2. The number of nitrogens with one attached hydrogen (secondary N) is 3. The second-order valence-corrected chi connectivity index (χ2v) is 10.2. The number of aromatic amines is 2. The van der Waals surface area contributed by atoms with Gasteiger partial charge in [0.15, 0.2) is 0 Å². The van der Waals surface area contributed by atoms with E-state index in [0.717, 1.165) is 86.9 Å². The monoisotopic (exact) mass is 513 g/mol. The van der Waals surface area contributed by atoms with E-state index in [-0.39, 0.29) is 11.8 Å². The molecule has 0 radical (unpaired) electrons. The molecule has 5 aromatic heterocycles. The van der Waals surface area contributed by atoms with E-state index in [1.807, 2.05) is 48.8 Å². The minimum Gasteiger partial charge on any atom is -0.353 e. The number of hydrogen-bond donors (Lipinski definition) is 3. The Kier molecular flexibility index (Phi) is 5.85. The van der Waals surface area contributed by atoms with E-state index >= 15 is 0 Å². The van der Waals surface area contributed by atoms with E-state index in [9.17, 15) is 4.79 Å². The zero-order valence-corrected chi connectivity index (χ0v) is 21.3. The Hall–Kier alpha value is -4.85. The molecule has 1 amide bonds. The highest BCUT2D eigenvalue weighted by Gasteiger charge is 2.21. The van der Waals surface area contributed by atoms with Crippen LogP contribution in [0.4, 0.5) is 5.69 Å². The fourth-order valence-corrected chi connectivity index (χ4v) is 5.59. The first-order valence-electron chi connectivity index (χ1n) is 13.4. The zero-order chi connectivity index (χ0) is 26.2. The van der Waals surface area contributed by atoms with Gasteiger partial charge in [0.05, 0.1) is 28.8 Å². The lowest BCUT2D eigenvalue weighted by molar-refractivity contribution is -0.120. The van der Waals surface area contributed by atoms with Crippen molar-refractivity contribution in [3.63, 3.8) is 0 Å². The molecule has 5 heterocycles. The van der Waals surface area contributed by atoms with Gasteiger partial charge >= 0.3 is 0 Å². The lowest BCUT2D eigenvalue weighted by Crippen LogP contribution is -2.24. The van der Waals surface area contributed by atoms with Crippen molar-refractivity contribution in [1.29, 1.82) is 0 Å². The molecule has 7 rings (SSSR count). The van der Waals surface area contributed by atoms with Crippen molar-refractivity contribution in [3.8, 4) is 33.8 Å².